The van der Waals surface area contributed by atoms with Gasteiger partial charge >= 0.3 is 0 Å². The largest absolute Gasteiger partial charge is 0.497 e. The van der Waals surface area contributed by atoms with Gasteiger partial charge in [-0.15, -0.1) is 0 Å². The Morgan fingerprint density at radius 1 is 0.963 bits per heavy atom. The van der Waals surface area contributed by atoms with E-state index in [-0.39, 0.29) is 5.54 Å². The van der Waals surface area contributed by atoms with Gasteiger partial charge in [-0.3, -0.25) is 0 Å². The molecule has 140 valence electrons. The lowest BCUT2D eigenvalue weighted by molar-refractivity contribution is 0.415. The molecular weight excluding hydrogens is 336 g/mol. The van der Waals surface area contributed by atoms with Gasteiger partial charge in [0.1, 0.15) is 5.75 Å². The van der Waals surface area contributed by atoms with Gasteiger partial charge in [0.2, 0.25) is 0 Å². The van der Waals surface area contributed by atoms with E-state index in [2.05, 4.69) is 52.1 Å². The highest BCUT2D eigenvalue weighted by Crippen LogP contribution is 2.21. The number of hydrogen-bond acceptors (Lipinski definition) is 4. The summed E-state index contributed by atoms with van der Waals surface area (Å²) < 4.78 is 5.21. The summed E-state index contributed by atoms with van der Waals surface area (Å²) in [6.45, 7) is 10.5. The number of aliphatic imine (C=N–C) groups is 3. The van der Waals surface area contributed by atoms with Crippen LogP contribution in [-0.2, 0) is 0 Å². The van der Waals surface area contributed by atoms with Crippen molar-refractivity contribution in [3.63, 3.8) is 0 Å². The Kier molecular flexibility index (Phi) is 5.13. The molecule has 0 saturated heterocycles. The third kappa shape index (κ3) is 4.42. The summed E-state index contributed by atoms with van der Waals surface area (Å²) in [5.74, 6) is 2.77. The van der Waals surface area contributed by atoms with E-state index >= 15 is 0 Å². The zero-order valence-electron chi connectivity index (χ0n) is 16.8. The lowest BCUT2D eigenvalue weighted by Gasteiger charge is -2.21. The van der Waals surface area contributed by atoms with Gasteiger partial charge in [0.15, 0.2) is 17.5 Å². The zero-order chi connectivity index (χ0) is 19.6. The van der Waals surface area contributed by atoms with Gasteiger partial charge in [-0.25, -0.2) is 15.0 Å². The molecule has 0 saturated carbocycles. The van der Waals surface area contributed by atoms with E-state index in [9.17, 15) is 0 Å². The highest BCUT2D eigenvalue weighted by molar-refractivity contribution is 6.48. The summed E-state index contributed by atoms with van der Waals surface area (Å²) in [7, 11) is 1.65. The quantitative estimate of drug-likeness (QED) is 0.868. The molecule has 1 N–H and O–H groups in total. The van der Waals surface area contributed by atoms with Gasteiger partial charge < -0.3 is 10.1 Å². The number of hydrogen-bond donors (Lipinski definition) is 1. The van der Waals surface area contributed by atoms with Crippen LogP contribution in [0.25, 0.3) is 0 Å². The Balaban J connectivity index is 2.03. The third-order valence-corrected chi connectivity index (χ3v) is 4.29. The molecule has 0 amide bonds. The topological polar surface area (TPSA) is 58.3 Å². The van der Waals surface area contributed by atoms with Crippen LogP contribution in [0.1, 0.15) is 37.5 Å². The molecule has 0 unspecified atom stereocenters. The lowest BCUT2D eigenvalue weighted by atomic mass is 10.0. The predicted molar refractivity (Wildman–Crippen MR) is 113 cm³/mol. The van der Waals surface area contributed by atoms with Gasteiger partial charge in [0.25, 0.3) is 0 Å². The molecule has 1 heterocycles. The average Bonchev–Trinajstić information content (AvgIpc) is 2.98. The smallest absolute Gasteiger partial charge is 0.198 e. The molecule has 5 heteroatoms. The first-order valence-corrected chi connectivity index (χ1v) is 9.02. The molecule has 5 nitrogen and oxygen atoms in total. The van der Waals surface area contributed by atoms with Crippen molar-refractivity contribution in [2.75, 3.05) is 7.11 Å². The minimum atomic E-state index is -0.147. The number of rotatable bonds is 3. The molecule has 0 aromatic heterocycles. The van der Waals surface area contributed by atoms with Crippen molar-refractivity contribution in [3.05, 3.63) is 59.2 Å². The number of aryl methyl sites for hydroxylation is 1. The van der Waals surface area contributed by atoms with E-state index in [1.807, 2.05) is 30.3 Å². The van der Waals surface area contributed by atoms with Gasteiger partial charge in [-0.2, -0.15) is 0 Å². The van der Waals surface area contributed by atoms with Crippen LogP contribution in [0.3, 0.4) is 0 Å². The van der Waals surface area contributed by atoms with Crippen molar-refractivity contribution in [1.29, 1.82) is 0 Å². The molecule has 1 aliphatic rings. The molecule has 2 aromatic carbocycles. The Bertz CT molecular complexity index is 932. The molecule has 0 fully saturated rings. The fraction of sp³-hybridized carbons (Fsp3) is 0.318. The number of methoxy groups -OCH3 is 1. The van der Waals surface area contributed by atoms with E-state index < -0.39 is 0 Å². The second-order valence-corrected chi connectivity index (χ2v) is 7.65. The maximum absolute atomic E-state index is 5.21. The van der Waals surface area contributed by atoms with Crippen LogP contribution in [0.2, 0.25) is 0 Å². The number of amidine groups is 3. The number of nitrogens with one attached hydrogen (secondary N) is 1. The summed E-state index contributed by atoms with van der Waals surface area (Å²) >= 11 is 0. The van der Waals surface area contributed by atoms with Crippen molar-refractivity contribution in [2.45, 2.75) is 40.2 Å². The van der Waals surface area contributed by atoms with Crippen molar-refractivity contribution in [1.82, 2.24) is 5.32 Å². The first kappa shape index (κ1) is 18.8. The van der Waals surface area contributed by atoms with E-state index in [4.69, 9.17) is 19.7 Å². The molecule has 0 bridgehead atoms. The molecule has 0 atom stereocenters. The van der Waals surface area contributed by atoms with Gasteiger partial charge in [-0.1, -0.05) is 18.2 Å². The summed E-state index contributed by atoms with van der Waals surface area (Å²) in [5.41, 5.74) is 4.09. The van der Waals surface area contributed by atoms with E-state index in [0.29, 0.717) is 17.5 Å². The maximum Gasteiger partial charge on any atom is 0.198 e. The minimum Gasteiger partial charge on any atom is -0.497 e. The van der Waals surface area contributed by atoms with Gasteiger partial charge in [-0.05, 0) is 70.0 Å². The molecule has 0 spiro atoms. The highest BCUT2D eigenvalue weighted by atomic mass is 16.5. The van der Waals surface area contributed by atoms with Gasteiger partial charge in [0.05, 0.1) is 12.8 Å². The first-order valence-electron chi connectivity index (χ1n) is 9.02. The van der Waals surface area contributed by atoms with Crippen molar-refractivity contribution in [2.24, 2.45) is 15.0 Å². The predicted octanol–water partition coefficient (Wildman–Crippen LogP) is 4.59. The molecule has 3 rings (SSSR count). The van der Waals surface area contributed by atoms with Crippen LogP contribution in [0.4, 0.5) is 5.69 Å². The number of benzene rings is 2. The Morgan fingerprint density at radius 3 is 2.30 bits per heavy atom. The molecular formula is C22H26N4O. The van der Waals surface area contributed by atoms with Crippen LogP contribution < -0.4 is 10.1 Å². The number of ether oxygens (including phenoxy) is 1. The second-order valence-electron chi connectivity index (χ2n) is 7.65. The van der Waals surface area contributed by atoms with Crippen molar-refractivity contribution >= 4 is 23.2 Å². The zero-order valence-corrected chi connectivity index (χ0v) is 16.8. The minimum absolute atomic E-state index is 0.147. The standard InChI is InChI=1S/C22H26N4O/c1-14-8-7-9-18(15(14)2)19-24-20(21(25-19)26-22(3,4)5)23-16-10-12-17(27-6)13-11-16/h7-13H,1-6H3,(H,23,24,25,26). The van der Waals surface area contributed by atoms with Crippen molar-refractivity contribution < 1.29 is 4.74 Å². The molecule has 0 radical (unpaired) electrons. The fourth-order valence-electron chi connectivity index (χ4n) is 2.74. The van der Waals surface area contributed by atoms with Crippen LogP contribution in [0, 0.1) is 13.8 Å². The van der Waals surface area contributed by atoms with E-state index in [1.54, 1.807) is 7.11 Å². The van der Waals surface area contributed by atoms with Crippen LogP contribution >= 0.6 is 0 Å². The second kappa shape index (κ2) is 7.35. The molecule has 27 heavy (non-hydrogen) atoms. The normalized spacial score (nSPS) is 15.6. The average molecular weight is 362 g/mol. The number of nitrogens with zero attached hydrogens (tertiary/aromatic N) is 3. The Morgan fingerprint density at radius 2 is 1.67 bits per heavy atom. The molecule has 0 aliphatic carbocycles. The SMILES string of the molecule is COc1ccc(/N=C2\N=C(c3cccc(C)c3C)N=C2NC(C)(C)C)cc1. The molecule has 2 aromatic rings. The van der Waals surface area contributed by atoms with Crippen LogP contribution in [0.15, 0.2) is 57.4 Å². The highest BCUT2D eigenvalue weighted by Gasteiger charge is 2.24. The lowest BCUT2D eigenvalue weighted by Crippen LogP contribution is -2.43. The van der Waals surface area contributed by atoms with Crippen molar-refractivity contribution in [3.8, 4) is 5.75 Å². The first-order chi connectivity index (χ1) is 12.8. The third-order valence-electron chi connectivity index (χ3n) is 4.29. The summed E-state index contributed by atoms with van der Waals surface area (Å²) in [6, 6.07) is 13.8. The van der Waals surface area contributed by atoms with E-state index in [1.165, 1.54) is 11.1 Å². The van der Waals surface area contributed by atoms with E-state index in [0.717, 1.165) is 17.0 Å². The summed E-state index contributed by atoms with van der Waals surface area (Å²) in [6.07, 6.45) is 0. The fourth-order valence-corrected chi connectivity index (χ4v) is 2.74. The van der Waals surface area contributed by atoms with Crippen LogP contribution in [-0.4, -0.2) is 30.2 Å². The van der Waals surface area contributed by atoms with Crippen LogP contribution in [0.5, 0.6) is 5.75 Å². The summed E-state index contributed by atoms with van der Waals surface area (Å²) in [4.78, 5) is 14.2. The Hall–Kier alpha value is -2.95. The molecule has 1 aliphatic heterocycles. The van der Waals surface area contributed by atoms with Gasteiger partial charge in [0, 0.05) is 11.1 Å². The summed E-state index contributed by atoms with van der Waals surface area (Å²) in [5, 5.41) is 3.42. The maximum atomic E-state index is 5.21. The Labute approximate surface area is 160 Å². The monoisotopic (exact) mass is 362 g/mol.